The molecule has 0 saturated carbocycles. The molecule has 0 bridgehead atoms. The highest BCUT2D eigenvalue weighted by Gasteiger charge is 2.43. The summed E-state index contributed by atoms with van der Waals surface area (Å²) in [4.78, 5) is 2.62. The van der Waals surface area contributed by atoms with E-state index >= 15 is 0 Å². The molecule has 0 radical (unpaired) electrons. The molecule has 126 valence electrons. The molecule has 0 amide bonds. The van der Waals surface area contributed by atoms with Crippen LogP contribution in [0.5, 0.6) is 0 Å². The number of aryl methyl sites for hydroxylation is 1. The van der Waals surface area contributed by atoms with Crippen molar-refractivity contribution in [3.8, 4) is 11.3 Å². The van der Waals surface area contributed by atoms with Crippen LogP contribution in [0, 0.1) is 5.92 Å². The molecule has 1 aliphatic heterocycles. The lowest BCUT2D eigenvalue weighted by Crippen LogP contribution is -2.21. The van der Waals surface area contributed by atoms with Gasteiger partial charge in [0.1, 0.15) is 0 Å². The minimum absolute atomic E-state index is 0.627. The number of hydrogen-bond donors (Lipinski definition) is 0. The van der Waals surface area contributed by atoms with Gasteiger partial charge in [0, 0.05) is 49.4 Å². The normalized spacial score (nSPS) is 22.1. The molecular formula is C22H23N3. The Kier molecular flexibility index (Phi) is 3.49. The molecule has 0 unspecified atom stereocenters. The Bertz CT molecular complexity index is 882. The van der Waals surface area contributed by atoms with Crippen LogP contribution in [0.4, 0.5) is 0 Å². The number of likely N-dealkylation sites (tertiary alicyclic amines) is 1. The maximum absolute atomic E-state index is 4.87. The molecule has 0 N–H and O–H groups in total. The molecule has 2 aromatic carbocycles. The van der Waals surface area contributed by atoms with Gasteiger partial charge in [-0.3, -0.25) is 9.58 Å². The quantitative estimate of drug-likeness (QED) is 0.727. The molecule has 3 nitrogen and oxygen atoms in total. The zero-order valence-electron chi connectivity index (χ0n) is 14.6. The maximum Gasteiger partial charge on any atom is 0.0961 e. The molecule has 2 aliphatic rings. The molecule has 1 saturated heterocycles. The van der Waals surface area contributed by atoms with Gasteiger partial charge >= 0.3 is 0 Å². The number of rotatable bonds is 3. The van der Waals surface area contributed by atoms with Crippen molar-refractivity contribution in [1.29, 1.82) is 0 Å². The number of aromatic nitrogens is 2. The van der Waals surface area contributed by atoms with Gasteiger partial charge in [0.05, 0.1) is 5.69 Å². The highest BCUT2D eigenvalue weighted by Crippen LogP contribution is 2.47. The zero-order chi connectivity index (χ0) is 16.8. The number of benzene rings is 2. The molecule has 3 heteroatoms. The van der Waals surface area contributed by atoms with Gasteiger partial charge in [0.15, 0.2) is 0 Å². The van der Waals surface area contributed by atoms with Gasteiger partial charge < -0.3 is 0 Å². The van der Waals surface area contributed by atoms with Crippen molar-refractivity contribution in [2.24, 2.45) is 13.0 Å². The predicted octanol–water partition coefficient (Wildman–Crippen LogP) is 3.86. The smallest absolute Gasteiger partial charge is 0.0961 e. The van der Waals surface area contributed by atoms with Crippen molar-refractivity contribution in [2.75, 3.05) is 13.1 Å². The second-order valence-electron chi connectivity index (χ2n) is 7.45. The summed E-state index contributed by atoms with van der Waals surface area (Å²) in [6, 6.07) is 21.5. The molecule has 2 heterocycles. The molecule has 1 aromatic heterocycles. The Hall–Kier alpha value is -2.39. The van der Waals surface area contributed by atoms with E-state index in [0.29, 0.717) is 5.92 Å². The highest BCUT2D eigenvalue weighted by molar-refractivity contribution is 5.66. The third-order valence-electron chi connectivity index (χ3n) is 5.85. The first kappa shape index (κ1) is 14.9. The summed E-state index contributed by atoms with van der Waals surface area (Å²) >= 11 is 0. The van der Waals surface area contributed by atoms with Gasteiger partial charge in [-0.15, -0.1) is 0 Å². The largest absolute Gasteiger partial charge is 0.298 e. The van der Waals surface area contributed by atoms with Gasteiger partial charge in [0.25, 0.3) is 0 Å². The van der Waals surface area contributed by atoms with Crippen molar-refractivity contribution in [2.45, 2.75) is 18.9 Å². The van der Waals surface area contributed by atoms with Gasteiger partial charge in [-0.25, -0.2) is 0 Å². The Morgan fingerprint density at radius 1 is 0.960 bits per heavy atom. The second kappa shape index (κ2) is 5.85. The van der Waals surface area contributed by atoms with Crippen LogP contribution in [0.15, 0.2) is 60.7 Å². The van der Waals surface area contributed by atoms with Gasteiger partial charge in [0.2, 0.25) is 0 Å². The van der Waals surface area contributed by atoms with E-state index in [2.05, 4.69) is 77.3 Å². The lowest BCUT2D eigenvalue weighted by Gasteiger charge is -2.17. The molecular weight excluding hydrogens is 306 g/mol. The van der Waals surface area contributed by atoms with Crippen molar-refractivity contribution in [3.63, 3.8) is 0 Å². The second-order valence-corrected chi connectivity index (χ2v) is 7.45. The molecule has 25 heavy (non-hydrogen) atoms. The van der Waals surface area contributed by atoms with Crippen LogP contribution in [0.3, 0.4) is 0 Å². The first-order chi connectivity index (χ1) is 12.3. The fourth-order valence-corrected chi connectivity index (χ4v) is 4.73. The van der Waals surface area contributed by atoms with Gasteiger partial charge in [-0.1, -0.05) is 60.7 Å². The average Bonchev–Trinajstić information content (AvgIpc) is 3.27. The van der Waals surface area contributed by atoms with Crippen LogP contribution in [0.25, 0.3) is 11.3 Å². The molecule has 5 rings (SSSR count). The number of fused-ring (bicyclic) bond motifs is 3. The Balaban J connectivity index is 1.44. The third kappa shape index (κ3) is 2.50. The van der Waals surface area contributed by atoms with E-state index in [1.807, 2.05) is 0 Å². The number of hydrogen-bond acceptors (Lipinski definition) is 2. The minimum Gasteiger partial charge on any atom is -0.298 e. The lowest BCUT2D eigenvalue weighted by atomic mass is 9.94. The van der Waals surface area contributed by atoms with Crippen LogP contribution in [-0.2, 0) is 20.0 Å². The maximum atomic E-state index is 4.87. The summed E-state index contributed by atoms with van der Waals surface area (Å²) in [5, 5.41) is 4.87. The molecule has 1 aliphatic carbocycles. The SMILES string of the molecule is Cn1nc(-c2ccccc2)c2c1C[C@@H]1CN(Cc3ccccc3)C[C@H]21. The Labute approximate surface area is 148 Å². The van der Waals surface area contributed by atoms with Crippen molar-refractivity contribution in [3.05, 3.63) is 77.5 Å². The fraction of sp³-hybridized carbons (Fsp3) is 0.318. The standard InChI is InChI=1S/C22H23N3/c1-24-20-12-18-14-25(13-16-8-4-2-5-9-16)15-19(18)21(20)22(23-24)17-10-6-3-7-11-17/h2-11,18-19H,12-15H2,1H3/t18-,19+/m1/s1. The lowest BCUT2D eigenvalue weighted by molar-refractivity contribution is 0.313. The van der Waals surface area contributed by atoms with E-state index in [-0.39, 0.29) is 0 Å². The van der Waals surface area contributed by atoms with Crippen molar-refractivity contribution < 1.29 is 0 Å². The van der Waals surface area contributed by atoms with E-state index in [9.17, 15) is 0 Å². The van der Waals surface area contributed by atoms with E-state index in [1.54, 1.807) is 0 Å². The van der Waals surface area contributed by atoms with Crippen LogP contribution < -0.4 is 0 Å². The summed E-state index contributed by atoms with van der Waals surface area (Å²) in [7, 11) is 2.11. The van der Waals surface area contributed by atoms with E-state index in [0.717, 1.165) is 19.0 Å². The van der Waals surface area contributed by atoms with Gasteiger partial charge in [-0.2, -0.15) is 5.10 Å². The highest BCUT2D eigenvalue weighted by atomic mass is 15.3. The molecule has 3 aromatic rings. The van der Waals surface area contributed by atoms with Crippen LogP contribution in [0.2, 0.25) is 0 Å². The van der Waals surface area contributed by atoms with E-state index in [4.69, 9.17) is 5.10 Å². The van der Waals surface area contributed by atoms with E-state index in [1.165, 1.54) is 41.0 Å². The first-order valence-electron chi connectivity index (χ1n) is 9.17. The summed E-state index contributed by atoms with van der Waals surface area (Å²) in [6.45, 7) is 3.41. The molecule has 1 fully saturated rings. The van der Waals surface area contributed by atoms with Gasteiger partial charge in [-0.05, 0) is 17.9 Å². The Morgan fingerprint density at radius 3 is 2.44 bits per heavy atom. The molecule has 0 spiro atoms. The summed E-state index contributed by atoms with van der Waals surface area (Å²) in [6.07, 6.45) is 1.17. The minimum atomic E-state index is 0.627. The monoisotopic (exact) mass is 329 g/mol. The average molecular weight is 329 g/mol. The summed E-state index contributed by atoms with van der Waals surface area (Å²) in [5.74, 6) is 1.37. The number of nitrogens with zero attached hydrogens (tertiary/aromatic N) is 3. The van der Waals surface area contributed by atoms with Crippen LogP contribution >= 0.6 is 0 Å². The van der Waals surface area contributed by atoms with Crippen LogP contribution in [0.1, 0.15) is 22.7 Å². The van der Waals surface area contributed by atoms with Crippen molar-refractivity contribution in [1.82, 2.24) is 14.7 Å². The Morgan fingerprint density at radius 2 is 1.68 bits per heavy atom. The van der Waals surface area contributed by atoms with Crippen LogP contribution in [-0.4, -0.2) is 27.8 Å². The van der Waals surface area contributed by atoms with Crippen molar-refractivity contribution >= 4 is 0 Å². The van der Waals surface area contributed by atoms with E-state index < -0.39 is 0 Å². The molecule has 2 atom stereocenters. The fourth-order valence-electron chi connectivity index (χ4n) is 4.73. The zero-order valence-corrected chi connectivity index (χ0v) is 14.6. The predicted molar refractivity (Wildman–Crippen MR) is 100 cm³/mol. The topological polar surface area (TPSA) is 21.1 Å². The third-order valence-corrected chi connectivity index (χ3v) is 5.85. The first-order valence-corrected chi connectivity index (χ1v) is 9.17. The summed E-state index contributed by atoms with van der Waals surface area (Å²) in [5.41, 5.74) is 6.83. The summed E-state index contributed by atoms with van der Waals surface area (Å²) < 4.78 is 2.12.